The lowest BCUT2D eigenvalue weighted by atomic mass is 9.69. The summed E-state index contributed by atoms with van der Waals surface area (Å²) in [4.78, 5) is 17.3. The molecule has 5 heteroatoms. The predicted molar refractivity (Wildman–Crippen MR) is 124 cm³/mol. The summed E-state index contributed by atoms with van der Waals surface area (Å²) in [5.74, 6) is 0.768. The van der Waals surface area contributed by atoms with Crippen molar-refractivity contribution in [3.8, 4) is 6.07 Å². The van der Waals surface area contributed by atoms with Gasteiger partial charge in [-0.2, -0.15) is 5.26 Å². The molecule has 1 unspecified atom stereocenters. The number of amides is 1. The van der Waals surface area contributed by atoms with Crippen LogP contribution in [-0.4, -0.2) is 16.6 Å². The molecule has 1 atom stereocenters. The molecule has 1 aliphatic rings. The monoisotopic (exact) mass is 421 g/mol. The first-order chi connectivity index (χ1) is 14.2. The molecule has 1 aromatic heterocycles. The van der Waals surface area contributed by atoms with E-state index in [1.54, 1.807) is 0 Å². The number of aromatic nitrogens is 1. The van der Waals surface area contributed by atoms with E-state index in [1.165, 1.54) is 22.9 Å². The van der Waals surface area contributed by atoms with E-state index in [9.17, 15) is 10.1 Å². The maximum absolute atomic E-state index is 12.5. The molecule has 1 N–H and O–H groups in total. The normalized spacial score (nSPS) is 15.9. The van der Waals surface area contributed by atoms with Gasteiger partial charge in [0.25, 0.3) is 0 Å². The van der Waals surface area contributed by atoms with Crippen LogP contribution in [0.2, 0.25) is 0 Å². The van der Waals surface area contributed by atoms with Crippen molar-refractivity contribution in [1.29, 1.82) is 5.26 Å². The number of hydrogen-bond donors (Lipinski definition) is 1. The zero-order valence-corrected chi connectivity index (χ0v) is 19.4. The molecule has 0 spiro atoms. The maximum atomic E-state index is 12.5. The van der Waals surface area contributed by atoms with Gasteiger partial charge in [0.1, 0.15) is 11.1 Å². The van der Waals surface area contributed by atoms with E-state index >= 15 is 0 Å². The molecule has 0 saturated carbocycles. The molecular weight excluding hydrogens is 390 g/mol. The van der Waals surface area contributed by atoms with Gasteiger partial charge in [-0.05, 0) is 67.7 Å². The average molecular weight is 422 g/mol. The molecule has 1 heterocycles. The van der Waals surface area contributed by atoms with Crippen molar-refractivity contribution in [2.75, 3.05) is 11.1 Å². The zero-order chi connectivity index (χ0) is 21.9. The number of nitrogens with one attached hydrogen (secondary N) is 1. The van der Waals surface area contributed by atoms with Gasteiger partial charge in [-0.15, -0.1) is 0 Å². The van der Waals surface area contributed by atoms with Crippen LogP contribution < -0.4 is 5.32 Å². The largest absolute Gasteiger partial charge is 0.325 e. The van der Waals surface area contributed by atoms with E-state index in [0.717, 1.165) is 42.6 Å². The second-order valence-electron chi connectivity index (χ2n) is 9.00. The molecule has 30 heavy (non-hydrogen) atoms. The fraction of sp³-hybridized carbons (Fsp3) is 0.480. The summed E-state index contributed by atoms with van der Waals surface area (Å²) in [5.41, 5.74) is 6.21. The van der Waals surface area contributed by atoms with Gasteiger partial charge in [0, 0.05) is 11.4 Å². The number of anilines is 1. The van der Waals surface area contributed by atoms with E-state index in [2.05, 4.69) is 38.2 Å². The van der Waals surface area contributed by atoms with Crippen LogP contribution in [0.25, 0.3) is 0 Å². The SMILES string of the molecule is CCC(C)(C)C1CCc2nc(SCC(=O)Nc3ccc(C)cc3C)c(C#N)cc2C1. The van der Waals surface area contributed by atoms with Gasteiger partial charge in [-0.1, -0.05) is 56.7 Å². The Balaban J connectivity index is 1.70. The number of fused-ring (bicyclic) bond motifs is 1. The number of benzene rings is 1. The van der Waals surface area contributed by atoms with Crippen LogP contribution in [0.4, 0.5) is 5.69 Å². The molecule has 0 fully saturated rings. The van der Waals surface area contributed by atoms with Crippen LogP contribution >= 0.6 is 11.8 Å². The van der Waals surface area contributed by atoms with Crippen molar-refractivity contribution in [2.45, 2.75) is 65.3 Å². The third-order valence-corrected chi connectivity index (χ3v) is 7.48. The minimum atomic E-state index is -0.0832. The smallest absolute Gasteiger partial charge is 0.234 e. The summed E-state index contributed by atoms with van der Waals surface area (Å²) in [6.07, 6.45) is 4.20. The van der Waals surface area contributed by atoms with E-state index in [-0.39, 0.29) is 11.7 Å². The standard InChI is InChI=1S/C25H31N3OS/c1-6-25(4,5)20-8-10-22-18(13-20)12-19(14-26)24(28-22)30-15-23(29)27-21-9-7-16(2)11-17(21)3/h7,9,11-12,20H,6,8,10,13,15H2,1-5H3,(H,27,29). The third kappa shape index (κ3) is 5.05. The quantitative estimate of drug-likeness (QED) is 0.595. The van der Waals surface area contributed by atoms with Gasteiger partial charge in [0.05, 0.1) is 11.3 Å². The molecule has 4 nitrogen and oxygen atoms in total. The number of nitriles is 1. The fourth-order valence-corrected chi connectivity index (χ4v) is 4.84. The molecule has 0 saturated heterocycles. The lowest BCUT2D eigenvalue weighted by Crippen LogP contribution is -2.29. The lowest BCUT2D eigenvalue weighted by Gasteiger charge is -2.37. The number of rotatable bonds is 6. The lowest BCUT2D eigenvalue weighted by molar-refractivity contribution is -0.113. The molecule has 2 aromatic rings. The number of nitrogens with zero attached hydrogens (tertiary/aromatic N) is 2. The first-order valence-corrected chi connectivity index (χ1v) is 11.6. The molecule has 0 aliphatic heterocycles. The van der Waals surface area contributed by atoms with Crippen molar-refractivity contribution in [1.82, 2.24) is 4.98 Å². The summed E-state index contributed by atoms with van der Waals surface area (Å²) in [6, 6.07) is 10.3. The Morgan fingerprint density at radius 3 is 2.77 bits per heavy atom. The summed E-state index contributed by atoms with van der Waals surface area (Å²) in [5, 5.41) is 13.3. The second-order valence-corrected chi connectivity index (χ2v) is 9.96. The topological polar surface area (TPSA) is 65.8 Å². The Hall–Kier alpha value is -2.32. The Morgan fingerprint density at radius 1 is 1.33 bits per heavy atom. The number of carbonyl (C=O) groups excluding carboxylic acids is 1. The molecule has 158 valence electrons. The van der Waals surface area contributed by atoms with Gasteiger partial charge in [-0.3, -0.25) is 4.79 Å². The molecule has 1 aromatic carbocycles. The predicted octanol–water partition coefficient (Wildman–Crippen LogP) is 5.84. The van der Waals surface area contributed by atoms with Gasteiger partial charge in [0.2, 0.25) is 5.91 Å². The molecule has 1 amide bonds. The maximum Gasteiger partial charge on any atom is 0.234 e. The highest BCUT2D eigenvalue weighted by molar-refractivity contribution is 8.00. The first-order valence-electron chi connectivity index (χ1n) is 10.7. The molecule has 0 radical (unpaired) electrons. The van der Waals surface area contributed by atoms with Gasteiger partial charge in [0.15, 0.2) is 0 Å². The average Bonchev–Trinajstić information content (AvgIpc) is 2.73. The Labute approximate surface area is 184 Å². The van der Waals surface area contributed by atoms with Crippen molar-refractivity contribution < 1.29 is 4.79 Å². The van der Waals surface area contributed by atoms with Crippen molar-refractivity contribution in [3.63, 3.8) is 0 Å². The van der Waals surface area contributed by atoms with Crippen molar-refractivity contribution in [3.05, 3.63) is 52.2 Å². The summed E-state index contributed by atoms with van der Waals surface area (Å²) in [7, 11) is 0. The van der Waals surface area contributed by atoms with E-state index < -0.39 is 0 Å². The number of hydrogen-bond acceptors (Lipinski definition) is 4. The van der Waals surface area contributed by atoms with Crippen LogP contribution in [0.15, 0.2) is 29.3 Å². The second kappa shape index (κ2) is 9.22. The number of thioether (sulfide) groups is 1. The summed E-state index contributed by atoms with van der Waals surface area (Å²) >= 11 is 1.35. The van der Waals surface area contributed by atoms with E-state index in [1.807, 2.05) is 32.0 Å². The van der Waals surface area contributed by atoms with E-state index in [4.69, 9.17) is 4.98 Å². The Kier molecular flexibility index (Phi) is 6.88. The number of aryl methyl sites for hydroxylation is 3. The number of pyridine rings is 1. The van der Waals surface area contributed by atoms with Gasteiger partial charge in [-0.25, -0.2) is 4.98 Å². The minimum Gasteiger partial charge on any atom is -0.325 e. The van der Waals surface area contributed by atoms with Crippen LogP contribution in [0, 0.1) is 36.5 Å². The van der Waals surface area contributed by atoms with Crippen LogP contribution in [0.5, 0.6) is 0 Å². The Morgan fingerprint density at radius 2 is 2.10 bits per heavy atom. The highest BCUT2D eigenvalue weighted by atomic mass is 32.2. The van der Waals surface area contributed by atoms with Crippen LogP contribution in [0.1, 0.15) is 61.6 Å². The van der Waals surface area contributed by atoms with Crippen molar-refractivity contribution in [2.24, 2.45) is 11.3 Å². The van der Waals surface area contributed by atoms with Gasteiger partial charge >= 0.3 is 0 Å². The summed E-state index contributed by atoms with van der Waals surface area (Å²) in [6.45, 7) is 10.9. The number of carbonyl (C=O) groups is 1. The van der Waals surface area contributed by atoms with Gasteiger partial charge < -0.3 is 5.32 Å². The molecule has 3 rings (SSSR count). The van der Waals surface area contributed by atoms with Crippen molar-refractivity contribution >= 4 is 23.4 Å². The summed E-state index contributed by atoms with van der Waals surface area (Å²) < 4.78 is 0. The highest BCUT2D eigenvalue weighted by Crippen LogP contribution is 2.40. The van der Waals surface area contributed by atoms with Crippen LogP contribution in [-0.2, 0) is 17.6 Å². The molecule has 0 bridgehead atoms. The third-order valence-electron chi connectivity index (χ3n) is 6.48. The fourth-order valence-electron chi connectivity index (χ4n) is 4.07. The Bertz CT molecular complexity index is 991. The molecule has 1 aliphatic carbocycles. The zero-order valence-electron chi connectivity index (χ0n) is 18.6. The van der Waals surface area contributed by atoms with Crippen LogP contribution in [0.3, 0.4) is 0 Å². The minimum absolute atomic E-state index is 0.0832. The highest BCUT2D eigenvalue weighted by Gasteiger charge is 2.32. The molecular formula is C25H31N3OS. The van der Waals surface area contributed by atoms with E-state index in [0.29, 0.717) is 21.9 Å². The first kappa shape index (κ1) is 22.4.